The summed E-state index contributed by atoms with van der Waals surface area (Å²) in [5, 5.41) is 12.5. The molecule has 0 aliphatic heterocycles. The van der Waals surface area contributed by atoms with Gasteiger partial charge in [-0.2, -0.15) is 0 Å². The van der Waals surface area contributed by atoms with Crippen LogP contribution in [0.1, 0.15) is 12.7 Å². The minimum absolute atomic E-state index is 0.294. The summed E-state index contributed by atoms with van der Waals surface area (Å²) >= 11 is 3.18. The van der Waals surface area contributed by atoms with Gasteiger partial charge in [0.05, 0.1) is 12.8 Å². The Morgan fingerprint density at radius 1 is 1.35 bits per heavy atom. The molecule has 1 heterocycles. The van der Waals surface area contributed by atoms with Crippen LogP contribution >= 0.6 is 15.9 Å². The molecule has 0 saturated heterocycles. The predicted octanol–water partition coefficient (Wildman–Crippen LogP) is 3.46. The van der Waals surface area contributed by atoms with E-state index in [1.807, 2.05) is 6.07 Å². The molecule has 1 atom stereocenters. The zero-order chi connectivity index (χ0) is 14.8. The van der Waals surface area contributed by atoms with Crippen molar-refractivity contribution in [3.05, 3.63) is 46.8 Å². The Balaban J connectivity index is 2.42. The smallest absolute Gasteiger partial charge is 0.337 e. The van der Waals surface area contributed by atoms with Crippen LogP contribution in [0.5, 0.6) is 5.75 Å². The van der Waals surface area contributed by atoms with Gasteiger partial charge < -0.3 is 19.6 Å². The highest BCUT2D eigenvalue weighted by Crippen LogP contribution is 2.33. The average molecular weight is 340 g/mol. The number of nitrogens with one attached hydrogen (secondary N) is 1. The molecule has 0 amide bonds. The third-order valence-corrected chi connectivity index (χ3v) is 3.41. The van der Waals surface area contributed by atoms with Gasteiger partial charge >= 0.3 is 5.97 Å². The maximum absolute atomic E-state index is 11.7. The first-order chi connectivity index (χ1) is 9.47. The van der Waals surface area contributed by atoms with E-state index in [0.717, 1.165) is 0 Å². The molecular weight excluding hydrogens is 326 g/mol. The van der Waals surface area contributed by atoms with Gasteiger partial charge in [0.25, 0.3) is 0 Å². The van der Waals surface area contributed by atoms with Crippen molar-refractivity contribution >= 4 is 27.6 Å². The Morgan fingerprint density at radius 2 is 2.05 bits per heavy atom. The summed E-state index contributed by atoms with van der Waals surface area (Å²) in [6.45, 7) is 1.53. The summed E-state index contributed by atoms with van der Waals surface area (Å²) in [5.41, 5.74) is -0.826. The van der Waals surface area contributed by atoms with Gasteiger partial charge in [-0.15, -0.1) is 0 Å². The van der Waals surface area contributed by atoms with Crippen molar-refractivity contribution in [1.82, 2.24) is 0 Å². The lowest BCUT2D eigenvalue weighted by atomic mass is 9.98. The lowest BCUT2D eigenvalue weighted by Gasteiger charge is -2.26. The monoisotopic (exact) mass is 339 g/mol. The number of anilines is 1. The van der Waals surface area contributed by atoms with Gasteiger partial charge in [0.2, 0.25) is 0 Å². The molecule has 0 aliphatic carbocycles. The Morgan fingerprint density at radius 3 is 2.60 bits per heavy atom. The summed E-state index contributed by atoms with van der Waals surface area (Å²) in [4.78, 5) is 11.7. The van der Waals surface area contributed by atoms with Crippen molar-refractivity contribution in [3.63, 3.8) is 0 Å². The molecule has 20 heavy (non-hydrogen) atoms. The van der Waals surface area contributed by atoms with E-state index in [9.17, 15) is 9.90 Å². The van der Waals surface area contributed by atoms with Crippen molar-refractivity contribution in [2.24, 2.45) is 0 Å². The van der Waals surface area contributed by atoms with Crippen LogP contribution in [-0.2, 0) is 10.3 Å². The molecule has 0 radical (unpaired) electrons. The highest BCUT2D eigenvalue weighted by molar-refractivity contribution is 9.10. The van der Waals surface area contributed by atoms with Gasteiger partial charge in [0.1, 0.15) is 11.5 Å². The van der Waals surface area contributed by atoms with E-state index in [2.05, 4.69) is 21.2 Å². The first-order valence-electron chi connectivity index (χ1n) is 5.88. The number of benzene rings is 1. The number of aliphatic carboxylic acids is 1. The van der Waals surface area contributed by atoms with Crippen molar-refractivity contribution < 1.29 is 19.1 Å². The Kier molecular flexibility index (Phi) is 4.04. The van der Waals surface area contributed by atoms with Crippen LogP contribution in [0.15, 0.2) is 45.5 Å². The molecule has 1 aromatic carbocycles. The van der Waals surface area contributed by atoms with Crippen molar-refractivity contribution in [3.8, 4) is 5.75 Å². The fourth-order valence-electron chi connectivity index (χ4n) is 1.82. The number of ether oxygens (including phenoxy) is 1. The molecular formula is C14H14BrNO4. The van der Waals surface area contributed by atoms with E-state index in [4.69, 9.17) is 9.15 Å². The van der Waals surface area contributed by atoms with Gasteiger partial charge in [-0.3, -0.25) is 0 Å². The van der Waals surface area contributed by atoms with E-state index in [0.29, 0.717) is 21.9 Å². The van der Waals surface area contributed by atoms with Gasteiger partial charge in [0.15, 0.2) is 10.2 Å². The lowest BCUT2D eigenvalue weighted by Crippen LogP contribution is -2.40. The van der Waals surface area contributed by atoms with Gasteiger partial charge in [-0.25, -0.2) is 4.79 Å². The second-order valence-corrected chi connectivity index (χ2v) is 5.14. The number of para-hydroxylation sites is 2. The maximum atomic E-state index is 11.7. The zero-order valence-corrected chi connectivity index (χ0v) is 12.6. The highest BCUT2D eigenvalue weighted by atomic mass is 79.9. The maximum Gasteiger partial charge on any atom is 0.337 e. The minimum Gasteiger partial charge on any atom is -0.495 e. The standard InChI is InChI=1S/C14H14BrNO4/c1-14(13(17)18,11-7-8-12(15)20-11)16-9-5-3-4-6-10(9)19-2/h3-8,16H,1-2H3,(H,17,18). The first kappa shape index (κ1) is 14.5. The molecule has 1 unspecified atom stereocenters. The summed E-state index contributed by atoms with van der Waals surface area (Å²) < 4.78 is 11.1. The number of hydrogen-bond acceptors (Lipinski definition) is 4. The van der Waals surface area contributed by atoms with E-state index in [-0.39, 0.29) is 0 Å². The van der Waals surface area contributed by atoms with Gasteiger partial charge in [-0.05, 0) is 47.1 Å². The van der Waals surface area contributed by atoms with E-state index in [1.54, 1.807) is 30.3 Å². The highest BCUT2D eigenvalue weighted by Gasteiger charge is 2.39. The Bertz CT molecular complexity index is 625. The molecule has 2 N–H and O–H groups in total. The van der Waals surface area contributed by atoms with Crippen LogP contribution < -0.4 is 10.1 Å². The molecule has 6 heteroatoms. The molecule has 1 aromatic heterocycles. The van der Waals surface area contributed by atoms with Gasteiger partial charge in [0, 0.05) is 0 Å². The second kappa shape index (κ2) is 5.58. The van der Waals surface area contributed by atoms with E-state index < -0.39 is 11.5 Å². The van der Waals surface area contributed by atoms with Crippen LogP contribution in [0.4, 0.5) is 5.69 Å². The third kappa shape index (κ3) is 2.65. The molecule has 0 saturated carbocycles. The SMILES string of the molecule is COc1ccccc1NC(C)(C(=O)O)c1ccc(Br)o1. The van der Waals surface area contributed by atoms with Crippen LogP contribution in [0.2, 0.25) is 0 Å². The number of carboxylic acid groups (broad SMARTS) is 1. The summed E-state index contributed by atoms with van der Waals surface area (Å²) in [5.74, 6) is -0.196. The number of halogens is 1. The van der Waals surface area contributed by atoms with Crippen LogP contribution in [0.3, 0.4) is 0 Å². The number of furan rings is 1. The van der Waals surface area contributed by atoms with Crippen LogP contribution in [-0.4, -0.2) is 18.2 Å². The van der Waals surface area contributed by atoms with Crippen LogP contribution in [0, 0.1) is 0 Å². The molecule has 0 fully saturated rings. The minimum atomic E-state index is -1.40. The molecule has 2 rings (SSSR count). The van der Waals surface area contributed by atoms with Crippen molar-refractivity contribution in [2.75, 3.05) is 12.4 Å². The molecule has 106 valence electrons. The summed E-state index contributed by atoms with van der Waals surface area (Å²) in [7, 11) is 1.53. The quantitative estimate of drug-likeness (QED) is 0.872. The average Bonchev–Trinajstić information content (AvgIpc) is 2.86. The predicted molar refractivity (Wildman–Crippen MR) is 78.0 cm³/mol. The van der Waals surface area contributed by atoms with Crippen molar-refractivity contribution in [2.45, 2.75) is 12.5 Å². The molecule has 5 nitrogen and oxygen atoms in total. The molecule has 0 spiro atoms. The summed E-state index contributed by atoms with van der Waals surface area (Å²) in [6, 6.07) is 10.4. The molecule has 0 aliphatic rings. The van der Waals surface area contributed by atoms with Crippen LogP contribution in [0.25, 0.3) is 0 Å². The van der Waals surface area contributed by atoms with Gasteiger partial charge in [-0.1, -0.05) is 12.1 Å². The lowest BCUT2D eigenvalue weighted by molar-refractivity contribution is -0.142. The fourth-order valence-corrected chi connectivity index (χ4v) is 2.13. The normalized spacial score (nSPS) is 13.6. The number of methoxy groups -OCH3 is 1. The van der Waals surface area contributed by atoms with E-state index in [1.165, 1.54) is 14.0 Å². The zero-order valence-electron chi connectivity index (χ0n) is 11.0. The summed E-state index contributed by atoms with van der Waals surface area (Å²) in [6.07, 6.45) is 0. The number of carbonyl (C=O) groups is 1. The van der Waals surface area contributed by atoms with Crippen molar-refractivity contribution in [1.29, 1.82) is 0 Å². The Labute approximate surface area is 124 Å². The number of rotatable bonds is 5. The fraction of sp³-hybridized carbons (Fsp3) is 0.214. The number of hydrogen-bond donors (Lipinski definition) is 2. The Hall–Kier alpha value is -1.95. The molecule has 0 bridgehead atoms. The number of carboxylic acids is 1. The topological polar surface area (TPSA) is 71.7 Å². The largest absolute Gasteiger partial charge is 0.495 e. The first-order valence-corrected chi connectivity index (χ1v) is 6.67. The third-order valence-electron chi connectivity index (χ3n) is 2.99. The molecule has 2 aromatic rings. The van der Waals surface area contributed by atoms with E-state index >= 15 is 0 Å². The second-order valence-electron chi connectivity index (χ2n) is 4.36.